The van der Waals surface area contributed by atoms with Crippen molar-refractivity contribution in [3.8, 4) is 34.3 Å². The van der Waals surface area contributed by atoms with E-state index in [0.29, 0.717) is 22.8 Å². The molecule has 0 unspecified atom stereocenters. The fourth-order valence-electron chi connectivity index (χ4n) is 2.20. The van der Waals surface area contributed by atoms with Crippen molar-refractivity contribution in [2.75, 3.05) is 7.11 Å². The van der Waals surface area contributed by atoms with Crippen LogP contribution >= 0.6 is 0 Å². The van der Waals surface area contributed by atoms with Crippen LogP contribution in [-0.2, 0) is 0 Å². The molecule has 0 bridgehead atoms. The molecule has 0 spiro atoms. The lowest BCUT2D eigenvalue weighted by Gasteiger charge is -2.09. The molecule has 0 saturated heterocycles. The highest BCUT2D eigenvalue weighted by Crippen LogP contribution is 2.37. The molecule has 3 aromatic rings. The van der Waals surface area contributed by atoms with Gasteiger partial charge in [-0.05, 0) is 36.8 Å². The molecule has 0 atom stereocenters. The Bertz CT molecular complexity index is 796. The normalized spacial score (nSPS) is 10.5. The summed E-state index contributed by atoms with van der Waals surface area (Å²) in [5.74, 6) is 1.95. The molecule has 0 aliphatic carbocycles. The topological polar surface area (TPSA) is 67.4 Å². The number of aryl methyl sites for hydroxylation is 1. The average Bonchev–Trinajstić information content (AvgIpc) is 2.95. The third-order valence-corrected chi connectivity index (χ3v) is 3.30. The summed E-state index contributed by atoms with van der Waals surface area (Å²) in [6, 6.07) is 12.8. The lowest BCUT2D eigenvalue weighted by atomic mass is 10.1. The van der Waals surface area contributed by atoms with E-state index in [2.05, 4.69) is 10.2 Å². The minimum absolute atomic E-state index is 0.0951. The number of hydrogen-bond acceptors (Lipinski definition) is 4. The highest BCUT2D eigenvalue weighted by atomic mass is 16.5. The van der Waals surface area contributed by atoms with E-state index in [9.17, 15) is 5.11 Å². The Morgan fingerprint density at radius 3 is 2.68 bits per heavy atom. The third kappa shape index (κ3) is 2.74. The summed E-state index contributed by atoms with van der Waals surface area (Å²) in [5, 5.41) is 17.0. The number of phenolic OH excluding ortho intramolecular Hbond substituents is 1. The zero-order valence-electron chi connectivity index (χ0n) is 12.3. The molecule has 1 heterocycles. The molecule has 1 aromatic heterocycles. The van der Waals surface area contributed by atoms with Crippen molar-refractivity contribution < 1.29 is 14.6 Å². The number of aromatic nitrogens is 2. The van der Waals surface area contributed by atoms with E-state index in [-0.39, 0.29) is 5.75 Å². The number of nitrogens with zero attached hydrogens (tertiary/aromatic N) is 1. The van der Waals surface area contributed by atoms with Crippen LogP contribution in [0.4, 0.5) is 0 Å². The summed E-state index contributed by atoms with van der Waals surface area (Å²) in [4.78, 5) is 0. The Labute approximate surface area is 128 Å². The van der Waals surface area contributed by atoms with Crippen molar-refractivity contribution in [2.24, 2.45) is 0 Å². The predicted octanol–water partition coefficient (Wildman–Crippen LogP) is 3.89. The summed E-state index contributed by atoms with van der Waals surface area (Å²) in [5.41, 5.74) is 2.32. The average molecular weight is 296 g/mol. The molecule has 0 amide bonds. The summed E-state index contributed by atoms with van der Waals surface area (Å²) >= 11 is 0. The molecule has 0 aliphatic heterocycles. The number of rotatable bonds is 4. The second-order valence-corrected chi connectivity index (χ2v) is 4.91. The van der Waals surface area contributed by atoms with Crippen molar-refractivity contribution in [1.82, 2.24) is 10.2 Å². The van der Waals surface area contributed by atoms with Crippen molar-refractivity contribution in [1.29, 1.82) is 0 Å². The molecule has 0 radical (unpaired) electrons. The van der Waals surface area contributed by atoms with Gasteiger partial charge in [0.05, 0.1) is 13.3 Å². The fraction of sp³-hybridized carbons (Fsp3) is 0.118. The Morgan fingerprint density at radius 1 is 1.09 bits per heavy atom. The maximum atomic E-state index is 10.1. The van der Waals surface area contributed by atoms with E-state index < -0.39 is 0 Å². The van der Waals surface area contributed by atoms with Gasteiger partial charge in [0.25, 0.3) is 0 Å². The second kappa shape index (κ2) is 5.81. The van der Waals surface area contributed by atoms with Gasteiger partial charge in [0.15, 0.2) is 5.75 Å². The summed E-state index contributed by atoms with van der Waals surface area (Å²) < 4.78 is 10.9. The molecule has 3 rings (SSSR count). The lowest BCUT2D eigenvalue weighted by molar-refractivity contribution is 0.408. The van der Waals surface area contributed by atoms with E-state index in [0.717, 1.165) is 11.3 Å². The number of methoxy groups -OCH3 is 1. The van der Waals surface area contributed by atoms with Crippen LogP contribution < -0.4 is 9.47 Å². The van der Waals surface area contributed by atoms with Crippen molar-refractivity contribution >= 4 is 0 Å². The van der Waals surface area contributed by atoms with Crippen LogP contribution in [0.5, 0.6) is 23.0 Å². The molecular formula is C17H16N2O3. The van der Waals surface area contributed by atoms with Crippen LogP contribution in [0.1, 0.15) is 5.56 Å². The largest absolute Gasteiger partial charge is 0.507 e. The first-order valence-electron chi connectivity index (χ1n) is 6.82. The molecule has 0 aliphatic rings. The Morgan fingerprint density at radius 2 is 1.95 bits per heavy atom. The number of nitrogens with one attached hydrogen (secondary N) is 1. The first kappa shape index (κ1) is 14.0. The third-order valence-electron chi connectivity index (χ3n) is 3.30. The molecule has 2 N–H and O–H groups in total. The first-order chi connectivity index (χ1) is 10.7. The molecule has 0 fully saturated rings. The first-order valence-corrected chi connectivity index (χ1v) is 6.82. The van der Waals surface area contributed by atoms with E-state index in [1.807, 2.05) is 31.2 Å². The van der Waals surface area contributed by atoms with Crippen LogP contribution in [0.3, 0.4) is 0 Å². The van der Waals surface area contributed by atoms with E-state index in [1.54, 1.807) is 31.5 Å². The summed E-state index contributed by atoms with van der Waals surface area (Å²) in [7, 11) is 1.55. The highest BCUT2D eigenvalue weighted by molar-refractivity contribution is 5.73. The Kier molecular flexibility index (Phi) is 3.70. The van der Waals surface area contributed by atoms with Gasteiger partial charge < -0.3 is 14.6 Å². The molecular weight excluding hydrogens is 280 g/mol. The predicted molar refractivity (Wildman–Crippen MR) is 83.5 cm³/mol. The minimum atomic E-state index is 0.0951. The highest BCUT2D eigenvalue weighted by Gasteiger charge is 2.14. The smallest absolute Gasteiger partial charge is 0.173 e. The van der Waals surface area contributed by atoms with E-state index in [4.69, 9.17) is 9.47 Å². The van der Waals surface area contributed by atoms with Crippen LogP contribution in [0.25, 0.3) is 11.3 Å². The molecule has 112 valence electrons. The molecule has 5 heteroatoms. The van der Waals surface area contributed by atoms with Gasteiger partial charge in [0.1, 0.15) is 22.9 Å². The fourth-order valence-corrected chi connectivity index (χ4v) is 2.20. The van der Waals surface area contributed by atoms with Gasteiger partial charge >= 0.3 is 0 Å². The maximum Gasteiger partial charge on any atom is 0.173 e. The maximum absolute atomic E-state index is 10.1. The van der Waals surface area contributed by atoms with E-state index in [1.165, 1.54) is 0 Å². The van der Waals surface area contributed by atoms with Crippen molar-refractivity contribution in [2.45, 2.75) is 6.92 Å². The van der Waals surface area contributed by atoms with Gasteiger partial charge in [0, 0.05) is 11.6 Å². The Hall–Kier alpha value is -2.95. The van der Waals surface area contributed by atoms with Gasteiger partial charge in [-0.1, -0.05) is 12.1 Å². The van der Waals surface area contributed by atoms with Gasteiger partial charge in [-0.15, -0.1) is 0 Å². The number of phenols is 1. The van der Waals surface area contributed by atoms with Crippen LogP contribution in [0.15, 0.2) is 48.7 Å². The molecule has 22 heavy (non-hydrogen) atoms. The standard InChI is InChI=1S/C17H16N2O3/c1-11-4-3-5-13(8-11)22-16-10-18-19-17(16)14-7-6-12(21-2)9-15(14)20/h3-10,20H,1-2H3,(H,18,19). The number of ether oxygens (including phenoxy) is 2. The molecule has 0 saturated carbocycles. The van der Waals surface area contributed by atoms with Crippen LogP contribution in [-0.4, -0.2) is 22.4 Å². The number of benzene rings is 2. The quantitative estimate of drug-likeness (QED) is 0.766. The summed E-state index contributed by atoms with van der Waals surface area (Å²) in [6.45, 7) is 2.00. The van der Waals surface area contributed by atoms with Gasteiger partial charge in [-0.25, -0.2) is 0 Å². The van der Waals surface area contributed by atoms with Gasteiger partial charge in [0.2, 0.25) is 0 Å². The molecule has 5 nitrogen and oxygen atoms in total. The van der Waals surface area contributed by atoms with Crippen LogP contribution in [0, 0.1) is 6.92 Å². The zero-order valence-corrected chi connectivity index (χ0v) is 12.3. The van der Waals surface area contributed by atoms with E-state index >= 15 is 0 Å². The number of hydrogen-bond donors (Lipinski definition) is 2. The van der Waals surface area contributed by atoms with Crippen molar-refractivity contribution in [3.63, 3.8) is 0 Å². The number of aromatic hydroxyl groups is 1. The van der Waals surface area contributed by atoms with Gasteiger partial charge in [-0.2, -0.15) is 5.10 Å². The Balaban J connectivity index is 1.95. The second-order valence-electron chi connectivity index (χ2n) is 4.91. The summed E-state index contributed by atoms with van der Waals surface area (Å²) in [6.07, 6.45) is 1.58. The SMILES string of the molecule is COc1ccc(-c2[nH]ncc2Oc2cccc(C)c2)c(O)c1. The van der Waals surface area contributed by atoms with Crippen LogP contribution in [0.2, 0.25) is 0 Å². The number of H-pyrrole nitrogens is 1. The monoisotopic (exact) mass is 296 g/mol. The molecule has 2 aromatic carbocycles. The van der Waals surface area contributed by atoms with Gasteiger partial charge in [-0.3, -0.25) is 5.10 Å². The number of aromatic amines is 1. The van der Waals surface area contributed by atoms with Crippen molar-refractivity contribution in [3.05, 3.63) is 54.2 Å². The zero-order chi connectivity index (χ0) is 15.5. The minimum Gasteiger partial charge on any atom is -0.507 e. The lowest BCUT2D eigenvalue weighted by Crippen LogP contribution is -1.88.